The van der Waals surface area contributed by atoms with Crippen molar-refractivity contribution in [2.45, 2.75) is 147 Å². The quantitative estimate of drug-likeness (QED) is 0.0249. The number of amides is 2. The molecule has 1 aliphatic heterocycles. The highest BCUT2D eigenvalue weighted by molar-refractivity contribution is 6.03. The van der Waals surface area contributed by atoms with Crippen LogP contribution in [-0.4, -0.2) is 82.7 Å². The molecular formula is C56H75FN4O11. The molecular weight excluding hydrogens is 924 g/mol. The molecule has 2 aliphatic carbocycles. The minimum absolute atomic E-state index is 0.00240. The molecule has 0 radical (unpaired) electrons. The summed E-state index contributed by atoms with van der Waals surface area (Å²) in [5.74, 6) is -2.56. The number of aliphatic hydroxyl groups is 2. The van der Waals surface area contributed by atoms with Gasteiger partial charge in [0.15, 0.2) is 0 Å². The summed E-state index contributed by atoms with van der Waals surface area (Å²) in [6.07, 6.45) is 18.3. The van der Waals surface area contributed by atoms with Crippen molar-refractivity contribution in [3.05, 3.63) is 118 Å². The van der Waals surface area contributed by atoms with Crippen molar-refractivity contribution >= 4 is 23.6 Å². The first kappa shape index (κ1) is 55.5. The van der Waals surface area contributed by atoms with Crippen molar-refractivity contribution in [1.29, 1.82) is 0 Å². The average molecular weight is 999 g/mol. The van der Waals surface area contributed by atoms with Crippen LogP contribution in [0.5, 0.6) is 17.2 Å². The van der Waals surface area contributed by atoms with Crippen LogP contribution in [-0.2, 0) is 16.1 Å². The number of allylic oxidation sites excluding steroid dienone is 1. The van der Waals surface area contributed by atoms with Crippen LogP contribution >= 0.6 is 0 Å². The predicted molar refractivity (Wildman–Crippen MR) is 274 cm³/mol. The maximum Gasteiger partial charge on any atom is 0.416 e. The summed E-state index contributed by atoms with van der Waals surface area (Å²) < 4.78 is 40.8. The lowest BCUT2D eigenvalue weighted by atomic mass is 9.55. The molecule has 3 aliphatic rings. The Hall–Kier alpha value is -5.84. The van der Waals surface area contributed by atoms with E-state index in [1.807, 2.05) is 13.0 Å². The monoisotopic (exact) mass is 999 g/mol. The van der Waals surface area contributed by atoms with Crippen LogP contribution in [0.15, 0.2) is 96.2 Å². The average Bonchev–Trinajstić information content (AvgIpc) is 3.37. The fourth-order valence-corrected chi connectivity index (χ4v) is 10.7. The Morgan fingerprint density at radius 1 is 0.889 bits per heavy atom. The van der Waals surface area contributed by atoms with Gasteiger partial charge in [0.1, 0.15) is 35.7 Å². The number of carbonyl (C=O) groups is 2. The number of hydrogen-bond acceptors (Lipinski definition) is 12. The summed E-state index contributed by atoms with van der Waals surface area (Å²) in [4.78, 5) is 46.6. The van der Waals surface area contributed by atoms with Gasteiger partial charge in [0.25, 0.3) is 5.69 Å². The van der Waals surface area contributed by atoms with Gasteiger partial charge in [0, 0.05) is 56.3 Å². The van der Waals surface area contributed by atoms with E-state index < -0.39 is 46.6 Å². The van der Waals surface area contributed by atoms with E-state index in [0.717, 1.165) is 43.2 Å². The molecule has 3 N–H and O–H groups in total. The zero-order valence-corrected chi connectivity index (χ0v) is 42.2. The molecule has 0 spiro atoms. The molecule has 6 atom stereocenters. The highest BCUT2D eigenvalue weighted by Gasteiger charge is 2.66. The van der Waals surface area contributed by atoms with Gasteiger partial charge in [-0.15, -0.1) is 6.58 Å². The number of aliphatic hydroxyl groups excluding tert-OH is 2. The van der Waals surface area contributed by atoms with Crippen LogP contribution < -0.4 is 19.5 Å². The van der Waals surface area contributed by atoms with Gasteiger partial charge >= 0.3 is 12.2 Å². The lowest BCUT2D eigenvalue weighted by Crippen LogP contribution is -2.70. The second-order valence-corrected chi connectivity index (χ2v) is 19.1. The van der Waals surface area contributed by atoms with Crippen LogP contribution in [0, 0.1) is 33.7 Å². The summed E-state index contributed by atoms with van der Waals surface area (Å²) >= 11 is 0. The minimum atomic E-state index is -1.67. The first-order chi connectivity index (χ1) is 35.1. The number of hydrogen-bond donors (Lipinski definition) is 3. The number of carbonyl (C=O) groups excluding carboxylic acids is 2. The van der Waals surface area contributed by atoms with E-state index >= 15 is 0 Å². The van der Waals surface area contributed by atoms with E-state index in [-0.39, 0.29) is 62.7 Å². The lowest BCUT2D eigenvalue weighted by molar-refractivity contribution is -0.384. The van der Waals surface area contributed by atoms with Crippen molar-refractivity contribution < 1.29 is 52.9 Å². The van der Waals surface area contributed by atoms with Crippen molar-refractivity contribution in [2.24, 2.45) is 22.9 Å². The van der Waals surface area contributed by atoms with E-state index in [2.05, 4.69) is 24.9 Å². The molecule has 1 saturated carbocycles. The van der Waals surface area contributed by atoms with Crippen molar-refractivity contribution in [2.75, 3.05) is 33.0 Å². The number of ether oxygens (including phenoxy) is 4. The van der Waals surface area contributed by atoms with Crippen molar-refractivity contribution in [3.63, 3.8) is 0 Å². The Morgan fingerprint density at radius 3 is 2.21 bits per heavy atom. The van der Waals surface area contributed by atoms with Gasteiger partial charge in [-0.1, -0.05) is 107 Å². The molecule has 392 valence electrons. The maximum atomic E-state index is 15.0. The van der Waals surface area contributed by atoms with Crippen LogP contribution in [0.1, 0.15) is 140 Å². The van der Waals surface area contributed by atoms with Gasteiger partial charge in [0.2, 0.25) is 5.79 Å². The van der Waals surface area contributed by atoms with Crippen LogP contribution in [0.4, 0.5) is 19.7 Å². The molecule has 2 amide bonds. The first-order valence-electron chi connectivity index (χ1n) is 26.2. The number of oxime groups is 1. The molecule has 3 aromatic carbocycles. The molecule has 0 bridgehead atoms. The second-order valence-electron chi connectivity index (χ2n) is 19.1. The first-order valence-corrected chi connectivity index (χ1v) is 26.2. The molecule has 0 aromatic heterocycles. The second kappa shape index (κ2) is 28.4. The normalized spacial score (nSPS) is 21.4. The Kier molecular flexibility index (Phi) is 21.9. The maximum absolute atomic E-state index is 15.0. The molecule has 15 nitrogen and oxygen atoms in total. The van der Waals surface area contributed by atoms with Crippen LogP contribution in [0.2, 0.25) is 0 Å². The van der Waals surface area contributed by atoms with Gasteiger partial charge in [-0.3, -0.25) is 15.0 Å². The topological polar surface area (TPSA) is 192 Å². The molecule has 72 heavy (non-hydrogen) atoms. The zero-order chi connectivity index (χ0) is 51.3. The molecule has 0 unspecified atom stereocenters. The van der Waals surface area contributed by atoms with E-state index in [1.165, 1.54) is 86.2 Å². The van der Waals surface area contributed by atoms with Gasteiger partial charge in [0.05, 0.1) is 23.2 Å². The summed E-state index contributed by atoms with van der Waals surface area (Å²) in [7, 11) is 0. The number of halogens is 1. The SMILES string of the molecule is C=CCO[C@@]12Oc3ccc(OC(=O)NCCCCCCCCCCCC)cc3[C@H]3[C@H](CCCCO)[C@@H](CCCCO)C=C(C(=NOCC)C[C@@H]1N(Cc1ccc(F)cc1)C(=O)Oc1ccc([N+](=O)[O-])cc1)[C@H]32. The molecule has 0 saturated heterocycles. The van der Waals surface area contributed by atoms with Crippen molar-refractivity contribution in [3.8, 4) is 17.2 Å². The van der Waals surface area contributed by atoms with Crippen LogP contribution in [0.3, 0.4) is 0 Å². The van der Waals surface area contributed by atoms with E-state index in [0.29, 0.717) is 55.0 Å². The van der Waals surface area contributed by atoms with E-state index in [1.54, 1.807) is 30.3 Å². The Balaban J connectivity index is 1.42. The number of nitrogens with one attached hydrogen (secondary N) is 1. The highest BCUT2D eigenvalue weighted by atomic mass is 19.1. The third-order valence-corrected chi connectivity index (χ3v) is 14.1. The van der Waals surface area contributed by atoms with Gasteiger partial charge in [-0.2, -0.15) is 0 Å². The number of non-ortho nitro benzene ring substituents is 1. The summed E-state index contributed by atoms with van der Waals surface area (Å²) in [5.41, 5.74) is 2.50. The van der Waals surface area contributed by atoms with E-state index in [4.69, 9.17) is 28.9 Å². The third-order valence-electron chi connectivity index (χ3n) is 14.1. The molecule has 16 heteroatoms. The largest absolute Gasteiger partial charge is 0.459 e. The van der Waals surface area contributed by atoms with Gasteiger partial charge in [-0.25, -0.2) is 14.0 Å². The molecule has 6 rings (SSSR count). The highest BCUT2D eigenvalue weighted by Crippen LogP contribution is 2.62. The van der Waals surface area contributed by atoms with E-state index in [9.17, 15) is 34.3 Å². The predicted octanol–water partition coefficient (Wildman–Crippen LogP) is 12.1. The zero-order valence-electron chi connectivity index (χ0n) is 42.2. The Labute approximate surface area is 423 Å². The van der Waals surface area contributed by atoms with Gasteiger partial charge in [-0.05, 0) is 104 Å². The lowest BCUT2D eigenvalue weighted by Gasteiger charge is -2.59. The smallest absolute Gasteiger partial charge is 0.416 e. The number of nitro benzene ring substituents is 1. The van der Waals surface area contributed by atoms with Gasteiger partial charge < -0.3 is 39.3 Å². The molecule has 1 heterocycles. The number of rotatable bonds is 30. The number of unbranched alkanes of at least 4 members (excludes halogenated alkanes) is 11. The number of nitrogens with zero attached hydrogens (tertiary/aromatic N) is 3. The summed E-state index contributed by atoms with van der Waals surface area (Å²) in [6, 6.07) is 15.2. The number of nitro groups is 1. The summed E-state index contributed by atoms with van der Waals surface area (Å²) in [6.45, 7) is 8.73. The molecule has 3 aromatic rings. The fraction of sp³-hybridized carbons (Fsp3) is 0.554. The Bertz CT molecular complexity index is 2270. The summed E-state index contributed by atoms with van der Waals surface area (Å²) in [5, 5.41) is 39.1. The Morgan fingerprint density at radius 2 is 1.56 bits per heavy atom. The number of benzene rings is 3. The number of fused-ring (bicyclic) bond motifs is 2. The standard InChI is InChI=1S/C56H75FN4O11/c1-4-7-8-9-10-11-12-13-14-17-32-58-54(64)70-45-30-31-50-48(37-45)52-46(21-16-19-34-63)41(20-15-18-33-62)36-47-49(59-69-6-3)38-51(56(72-50,53(47)52)68-35-5-2)60(39-40-22-24-42(57)25-23-40)55(65)71-44-28-26-43(27-29-44)61(66)67/h5,22-31,36-37,41,46,51-53,62-63H,2,4,6-21,32-35,38-39H2,1,3H3,(H,58,64)/t41-,46+,51-,52+,53+,56+/m0/s1. The minimum Gasteiger partial charge on any atom is -0.459 e. The third kappa shape index (κ3) is 14.7. The van der Waals surface area contributed by atoms with Crippen LogP contribution in [0.25, 0.3) is 0 Å². The fourth-order valence-electron chi connectivity index (χ4n) is 10.7. The van der Waals surface area contributed by atoms with Crippen molar-refractivity contribution in [1.82, 2.24) is 10.2 Å². The molecule has 1 fully saturated rings.